The quantitative estimate of drug-likeness (QED) is 0.393. The number of hydrogen-bond acceptors (Lipinski definition) is 6. The number of Topliss-reactive ketones (excluding diaryl/α,β-unsaturated/α-hetero) is 1. The van der Waals surface area contributed by atoms with Crippen LogP contribution in [0.5, 0.6) is 0 Å². The summed E-state index contributed by atoms with van der Waals surface area (Å²) in [7, 11) is 0. The maximum Gasteiger partial charge on any atom is 0.221 e. The van der Waals surface area contributed by atoms with Crippen LogP contribution in [-0.2, 0) is 17.6 Å². The van der Waals surface area contributed by atoms with Crippen LogP contribution in [0, 0.1) is 5.82 Å². The number of benzene rings is 1. The number of carbonyl (C=O) groups excluding carboxylic acids is 2. The zero-order valence-electron chi connectivity index (χ0n) is 14.5. The van der Waals surface area contributed by atoms with Crippen LogP contribution in [0.25, 0.3) is 10.2 Å². The van der Waals surface area contributed by atoms with Gasteiger partial charge in [-0.1, -0.05) is 11.8 Å². The summed E-state index contributed by atoms with van der Waals surface area (Å²) in [6.45, 7) is 1.34. The lowest BCUT2D eigenvalue weighted by Crippen LogP contribution is -2.09. The van der Waals surface area contributed by atoms with E-state index in [2.05, 4.69) is 15.3 Å². The van der Waals surface area contributed by atoms with Crippen molar-refractivity contribution in [3.8, 4) is 0 Å². The molecule has 0 saturated heterocycles. The number of thioether (sulfide) groups is 1. The van der Waals surface area contributed by atoms with Gasteiger partial charge in [0, 0.05) is 22.9 Å². The minimum Gasteiger partial charge on any atom is -0.326 e. The van der Waals surface area contributed by atoms with Gasteiger partial charge in [0.15, 0.2) is 5.78 Å². The minimum absolute atomic E-state index is 0.0115. The van der Waals surface area contributed by atoms with Crippen molar-refractivity contribution in [2.45, 2.75) is 31.2 Å². The second-order valence-electron chi connectivity index (χ2n) is 6.30. The molecule has 0 saturated carbocycles. The third-order valence-corrected chi connectivity index (χ3v) is 6.59. The van der Waals surface area contributed by atoms with E-state index in [0.717, 1.165) is 40.6 Å². The molecule has 1 N–H and O–H groups in total. The number of amides is 1. The monoisotopic (exact) mass is 401 g/mol. The summed E-state index contributed by atoms with van der Waals surface area (Å²) in [6.07, 6.45) is 4.75. The van der Waals surface area contributed by atoms with Crippen molar-refractivity contribution < 1.29 is 14.0 Å². The van der Waals surface area contributed by atoms with Gasteiger partial charge in [0.05, 0.1) is 11.3 Å². The van der Waals surface area contributed by atoms with Crippen LogP contribution in [0.3, 0.4) is 0 Å². The highest BCUT2D eigenvalue weighted by atomic mass is 32.2. The van der Waals surface area contributed by atoms with Gasteiger partial charge >= 0.3 is 0 Å². The van der Waals surface area contributed by atoms with E-state index in [0.29, 0.717) is 5.69 Å². The molecule has 0 spiro atoms. The Kier molecular flexibility index (Phi) is 4.92. The smallest absolute Gasteiger partial charge is 0.221 e. The van der Waals surface area contributed by atoms with Crippen molar-refractivity contribution >= 4 is 50.7 Å². The Hall–Kier alpha value is -2.32. The summed E-state index contributed by atoms with van der Waals surface area (Å²) in [5.74, 6) is -1.16. The van der Waals surface area contributed by atoms with Crippen molar-refractivity contribution in [2.75, 3.05) is 11.1 Å². The topological polar surface area (TPSA) is 72.0 Å². The Morgan fingerprint density at radius 2 is 2.15 bits per heavy atom. The van der Waals surface area contributed by atoms with Gasteiger partial charge in [-0.2, -0.15) is 0 Å². The van der Waals surface area contributed by atoms with Gasteiger partial charge in [0.25, 0.3) is 0 Å². The third kappa shape index (κ3) is 3.59. The summed E-state index contributed by atoms with van der Waals surface area (Å²) < 4.78 is 14.3. The normalized spacial score (nSPS) is 13.0. The van der Waals surface area contributed by atoms with E-state index in [1.165, 1.54) is 47.6 Å². The van der Waals surface area contributed by atoms with Crippen LogP contribution in [-0.4, -0.2) is 27.4 Å². The Balaban J connectivity index is 1.53. The molecule has 0 fully saturated rings. The molecule has 0 radical (unpaired) electrons. The van der Waals surface area contributed by atoms with E-state index >= 15 is 0 Å². The molecule has 1 aromatic carbocycles. The molecule has 8 heteroatoms. The molecular formula is C19H16FN3O2S2. The maximum atomic E-state index is 14.3. The van der Waals surface area contributed by atoms with E-state index in [-0.39, 0.29) is 23.0 Å². The number of fused-ring (bicyclic) bond motifs is 3. The van der Waals surface area contributed by atoms with Gasteiger partial charge in [0.1, 0.15) is 22.0 Å². The Morgan fingerprint density at radius 3 is 2.93 bits per heavy atom. The molecule has 1 aliphatic rings. The molecule has 0 bridgehead atoms. The number of nitrogens with zero attached hydrogens (tertiary/aromatic N) is 2. The number of aromatic nitrogens is 2. The number of ketones is 1. The molecule has 4 rings (SSSR count). The van der Waals surface area contributed by atoms with E-state index in [1.54, 1.807) is 11.3 Å². The van der Waals surface area contributed by atoms with Gasteiger partial charge in [-0.25, -0.2) is 14.4 Å². The van der Waals surface area contributed by atoms with Crippen molar-refractivity contribution in [3.05, 3.63) is 46.3 Å². The molecule has 2 heterocycles. The number of aryl methyl sites for hydroxylation is 2. The predicted octanol–water partition coefficient (Wildman–Crippen LogP) is 4.25. The molecule has 0 unspecified atom stereocenters. The standard InChI is InChI=1S/C19H16FN3O2S2/c1-10(24)23-11-5-6-12(14(20)7-11)15(25)8-26-18-17-13-3-2-4-16(13)27-19(17)22-9-21-18/h5-7,9H,2-4,8H2,1H3,(H,23,24). The number of carbonyl (C=O) groups is 2. The minimum atomic E-state index is -0.642. The van der Waals surface area contributed by atoms with Crippen molar-refractivity contribution in [1.82, 2.24) is 9.97 Å². The first-order valence-electron chi connectivity index (χ1n) is 8.51. The first-order chi connectivity index (χ1) is 13.0. The molecule has 1 amide bonds. The zero-order valence-corrected chi connectivity index (χ0v) is 16.2. The number of nitrogens with one attached hydrogen (secondary N) is 1. The molecule has 0 aliphatic heterocycles. The summed E-state index contributed by atoms with van der Waals surface area (Å²) >= 11 is 3.01. The summed E-state index contributed by atoms with van der Waals surface area (Å²) in [6, 6.07) is 4.09. The molecule has 0 atom stereocenters. The molecular weight excluding hydrogens is 385 g/mol. The van der Waals surface area contributed by atoms with Crippen molar-refractivity contribution in [3.63, 3.8) is 0 Å². The maximum absolute atomic E-state index is 14.3. The number of hydrogen-bond donors (Lipinski definition) is 1. The molecule has 1 aliphatic carbocycles. The van der Waals surface area contributed by atoms with Gasteiger partial charge in [-0.05, 0) is 43.0 Å². The lowest BCUT2D eigenvalue weighted by molar-refractivity contribution is -0.114. The summed E-state index contributed by atoms with van der Waals surface area (Å²) in [5, 5.41) is 4.33. The second-order valence-corrected chi connectivity index (χ2v) is 8.35. The Bertz CT molecular complexity index is 1060. The average Bonchev–Trinajstić information content (AvgIpc) is 3.20. The molecule has 138 valence electrons. The van der Waals surface area contributed by atoms with Crippen LogP contribution in [0.4, 0.5) is 10.1 Å². The fourth-order valence-electron chi connectivity index (χ4n) is 3.24. The molecule has 27 heavy (non-hydrogen) atoms. The molecule has 5 nitrogen and oxygen atoms in total. The zero-order chi connectivity index (χ0) is 19.0. The fourth-order valence-corrected chi connectivity index (χ4v) is 5.45. The highest BCUT2D eigenvalue weighted by Gasteiger charge is 2.22. The van der Waals surface area contributed by atoms with Crippen molar-refractivity contribution in [1.29, 1.82) is 0 Å². The van der Waals surface area contributed by atoms with Gasteiger partial charge in [-0.3, -0.25) is 9.59 Å². The molecule has 3 aromatic rings. The SMILES string of the molecule is CC(=O)Nc1ccc(C(=O)CSc2ncnc3sc4c(c23)CCC4)c(F)c1. The van der Waals surface area contributed by atoms with Crippen LogP contribution in [0.2, 0.25) is 0 Å². The van der Waals surface area contributed by atoms with E-state index in [4.69, 9.17) is 0 Å². The lowest BCUT2D eigenvalue weighted by Gasteiger charge is -2.07. The number of halogens is 1. The first-order valence-corrected chi connectivity index (χ1v) is 10.3. The second kappa shape index (κ2) is 7.36. The lowest BCUT2D eigenvalue weighted by atomic mass is 10.1. The van der Waals surface area contributed by atoms with Crippen LogP contribution in [0.1, 0.15) is 34.1 Å². The van der Waals surface area contributed by atoms with E-state index in [9.17, 15) is 14.0 Å². The summed E-state index contributed by atoms with van der Waals surface area (Å²) in [5.41, 5.74) is 1.64. The van der Waals surface area contributed by atoms with Crippen LogP contribution >= 0.6 is 23.1 Å². The Morgan fingerprint density at radius 1 is 1.30 bits per heavy atom. The van der Waals surface area contributed by atoms with Crippen molar-refractivity contribution in [2.24, 2.45) is 0 Å². The highest BCUT2D eigenvalue weighted by molar-refractivity contribution is 8.00. The molecule has 2 aromatic heterocycles. The van der Waals surface area contributed by atoms with Crippen LogP contribution < -0.4 is 5.32 Å². The summed E-state index contributed by atoms with van der Waals surface area (Å²) in [4.78, 5) is 34.6. The average molecular weight is 401 g/mol. The first kappa shape index (κ1) is 18.1. The van der Waals surface area contributed by atoms with E-state index < -0.39 is 5.82 Å². The van der Waals surface area contributed by atoms with Gasteiger partial charge in [-0.15, -0.1) is 11.3 Å². The number of rotatable bonds is 5. The predicted molar refractivity (Wildman–Crippen MR) is 105 cm³/mol. The van der Waals surface area contributed by atoms with Gasteiger partial charge < -0.3 is 5.32 Å². The van der Waals surface area contributed by atoms with E-state index in [1.807, 2.05) is 0 Å². The largest absolute Gasteiger partial charge is 0.326 e. The fraction of sp³-hybridized carbons (Fsp3) is 0.263. The highest BCUT2D eigenvalue weighted by Crippen LogP contribution is 2.40. The number of thiophene rings is 1. The Labute approximate surface area is 163 Å². The van der Waals surface area contributed by atoms with Crippen LogP contribution in [0.15, 0.2) is 29.6 Å². The third-order valence-electron chi connectivity index (χ3n) is 4.40. The number of anilines is 1. The van der Waals surface area contributed by atoms with Gasteiger partial charge in [0.2, 0.25) is 5.91 Å².